The van der Waals surface area contributed by atoms with E-state index in [0.717, 1.165) is 16.7 Å². The van der Waals surface area contributed by atoms with Gasteiger partial charge in [-0.1, -0.05) is 24.3 Å². The van der Waals surface area contributed by atoms with E-state index < -0.39 is 0 Å². The molecule has 7 nitrogen and oxygen atoms in total. The van der Waals surface area contributed by atoms with Crippen LogP contribution in [0.2, 0.25) is 0 Å². The molecule has 0 bridgehead atoms. The summed E-state index contributed by atoms with van der Waals surface area (Å²) in [6.07, 6.45) is 0. The predicted octanol–water partition coefficient (Wildman–Crippen LogP) is 3.50. The van der Waals surface area contributed by atoms with Crippen molar-refractivity contribution in [3.05, 3.63) is 64.3 Å². The number of carbonyl (C=O) groups is 2. The third kappa shape index (κ3) is 4.94. The Bertz CT molecular complexity index is 1070. The summed E-state index contributed by atoms with van der Waals surface area (Å²) >= 11 is 0. The molecule has 0 aromatic heterocycles. The van der Waals surface area contributed by atoms with Gasteiger partial charge in [0.25, 0.3) is 11.8 Å². The SMILES string of the molecule is COCCN(CCOC)C1=C(c2ccc(C)c(C)c2)C(=O)N(c2cc(C)ccc2OC)C1=O. The molecular weight excluding hydrogens is 420 g/mol. The van der Waals surface area contributed by atoms with Crippen LogP contribution in [0.3, 0.4) is 0 Å². The summed E-state index contributed by atoms with van der Waals surface area (Å²) in [5, 5.41) is 0. The molecule has 1 heterocycles. The van der Waals surface area contributed by atoms with Gasteiger partial charge < -0.3 is 19.1 Å². The van der Waals surface area contributed by atoms with Gasteiger partial charge in [0, 0.05) is 27.3 Å². The average molecular weight is 453 g/mol. The lowest BCUT2D eigenvalue weighted by molar-refractivity contribution is -0.120. The van der Waals surface area contributed by atoms with Crippen LogP contribution >= 0.6 is 0 Å². The van der Waals surface area contributed by atoms with Gasteiger partial charge in [0.1, 0.15) is 11.4 Å². The normalized spacial score (nSPS) is 13.8. The van der Waals surface area contributed by atoms with Gasteiger partial charge in [-0.25, -0.2) is 4.90 Å². The van der Waals surface area contributed by atoms with Gasteiger partial charge in [0.15, 0.2) is 0 Å². The van der Waals surface area contributed by atoms with E-state index in [-0.39, 0.29) is 11.8 Å². The van der Waals surface area contributed by atoms with Gasteiger partial charge in [0.2, 0.25) is 0 Å². The molecule has 0 N–H and O–H groups in total. The minimum absolute atomic E-state index is 0.348. The van der Waals surface area contributed by atoms with Crippen molar-refractivity contribution in [1.29, 1.82) is 0 Å². The van der Waals surface area contributed by atoms with Gasteiger partial charge in [-0.05, 0) is 55.2 Å². The summed E-state index contributed by atoms with van der Waals surface area (Å²) in [7, 11) is 4.75. The molecule has 176 valence electrons. The number of imide groups is 1. The van der Waals surface area contributed by atoms with Crippen molar-refractivity contribution >= 4 is 23.1 Å². The molecule has 0 saturated heterocycles. The number of nitrogens with zero attached hydrogens (tertiary/aromatic N) is 2. The molecule has 7 heteroatoms. The van der Waals surface area contributed by atoms with E-state index in [1.165, 1.54) is 12.0 Å². The Morgan fingerprint density at radius 3 is 2.06 bits per heavy atom. The van der Waals surface area contributed by atoms with E-state index in [1.54, 1.807) is 26.4 Å². The van der Waals surface area contributed by atoms with Crippen molar-refractivity contribution in [3.8, 4) is 5.75 Å². The number of amides is 2. The minimum Gasteiger partial charge on any atom is -0.495 e. The summed E-state index contributed by atoms with van der Waals surface area (Å²) in [4.78, 5) is 30.8. The number of ether oxygens (including phenoxy) is 3. The predicted molar refractivity (Wildman–Crippen MR) is 128 cm³/mol. The highest BCUT2D eigenvalue weighted by molar-refractivity contribution is 6.45. The summed E-state index contributed by atoms with van der Waals surface area (Å²) in [6, 6.07) is 11.3. The van der Waals surface area contributed by atoms with Gasteiger partial charge in [-0.15, -0.1) is 0 Å². The molecule has 0 atom stereocenters. The first kappa shape index (κ1) is 24.5. The Morgan fingerprint density at radius 2 is 1.48 bits per heavy atom. The molecule has 2 aromatic carbocycles. The van der Waals surface area contributed by atoms with E-state index in [2.05, 4.69) is 0 Å². The third-order valence-electron chi connectivity index (χ3n) is 5.88. The van der Waals surface area contributed by atoms with Crippen LogP contribution in [-0.2, 0) is 19.1 Å². The summed E-state index contributed by atoms with van der Waals surface area (Å²) in [5.74, 6) is -0.297. The molecule has 0 radical (unpaired) electrons. The Hall–Kier alpha value is -3.16. The van der Waals surface area contributed by atoms with Gasteiger partial charge in [-0.3, -0.25) is 9.59 Å². The highest BCUT2D eigenvalue weighted by Crippen LogP contribution is 2.39. The maximum atomic E-state index is 13.9. The largest absolute Gasteiger partial charge is 0.495 e. The lowest BCUT2D eigenvalue weighted by Gasteiger charge is -2.26. The standard InChI is InChI=1S/C26H32N2O5/c1-17-7-10-22(33-6)21(15-17)28-25(29)23(20-9-8-18(2)19(3)16-20)24(26(28)30)27(11-13-31-4)12-14-32-5/h7-10,15-16H,11-14H2,1-6H3. The number of methoxy groups -OCH3 is 3. The van der Waals surface area contributed by atoms with Crippen molar-refractivity contribution < 1.29 is 23.8 Å². The molecule has 0 fully saturated rings. The molecule has 2 amide bonds. The molecule has 2 aromatic rings. The number of aryl methyl sites for hydroxylation is 3. The van der Waals surface area contributed by atoms with Gasteiger partial charge >= 0.3 is 0 Å². The van der Waals surface area contributed by atoms with Crippen LogP contribution in [0, 0.1) is 20.8 Å². The monoisotopic (exact) mass is 452 g/mol. The lowest BCUT2D eigenvalue weighted by Crippen LogP contribution is -2.37. The Kier molecular flexibility index (Phi) is 7.89. The third-order valence-corrected chi connectivity index (χ3v) is 5.88. The maximum absolute atomic E-state index is 13.9. The number of hydrogen-bond acceptors (Lipinski definition) is 6. The van der Waals surface area contributed by atoms with Crippen LogP contribution in [0.15, 0.2) is 42.1 Å². The minimum atomic E-state index is -0.385. The Morgan fingerprint density at radius 1 is 0.818 bits per heavy atom. The zero-order valence-electron chi connectivity index (χ0n) is 20.2. The Labute approximate surface area is 195 Å². The maximum Gasteiger partial charge on any atom is 0.282 e. The van der Waals surface area contributed by atoms with Crippen molar-refractivity contribution in [1.82, 2.24) is 4.90 Å². The highest BCUT2D eigenvalue weighted by atomic mass is 16.5. The first-order chi connectivity index (χ1) is 15.8. The fourth-order valence-electron chi connectivity index (χ4n) is 3.90. The fraction of sp³-hybridized carbons (Fsp3) is 0.385. The summed E-state index contributed by atoms with van der Waals surface area (Å²) in [5.41, 5.74) is 4.95. The number of carbonyl (C=O) groups excluding carboxylic acids is 2. The molecule has 0 spiro atoms. The molecule has 3 rings (SSSR count). The van der Waals surface area contributed by atoms with E-state index in [9.17, 15) is 9.59 Å². The molecule has 1 aliphatic rings. The number of rotatable bonds is 10. The first-order valence-electron chi connectivity index (χ1n) is 10.9. The highest BCUT2D eigenvalue weighted by Gasteiger charge is 2.43. The van der Waals surface area contributed by atoms with Gasteiger partial charge in [-0.2, -0.15) is 0 Å². The van der Waals surface area contributed by atoms with Crippen LogP contribution in [0.25, 0.3) is 5.57 Å². The van der Waals surface area contributed by atoms with Gasteiger partial charge in [0.05, 0.1) is 31.6 Å². The molecule has 0 unspecified atom stereocenters. The second-order valence-electron chi connectivity index (χ2n) is 8.12. The zero-order valence-corrected chi connectivity index (χ0v) is 20.2. The second kappa shape index (κ2) is 10.6. The molecular formula is C26H32N2O5. The topological polar surface area (TPSA) is 68.3 Å². The van der Waals surface area contributed by atoms with E-state index in [0.29, 0.717) is 54.6 Å². The van der Waals surface area contributed by atoms with Crippen LogP contribution in [0.1, 0.15) is 22.3 Å². The van der Waals surface area contributed by atoms with E-state index >= 15 is 0 Å². The van der Waals surface area contributed by atoms with Crippen molar-refractivity contribution in [2.24, 2.45) is 0 Å². The van der Waals surface area contributed by atoms with Crippen LogP contribution < -0.4 is 9.64 Å². The van der Waals surface area contributed by atoms with Crippen molar-refractivity contribution in [2.75, 3.05) is 52.5 Å². The summed E-state index contributed by atoms with van der Waals surface area (Å²) in [6.45, 7) is 7.63. The average Bonchev–Trinajstić information content (AvgIpc) is 3.05. The lowest BCUT2D eigenvalue weighted by atomic mass is 9.99. The first-order valence-corrected chi connectivity index (χ1v) is 10.9. The van der Waals surface area contributed by atoms with E-state index in [1.807, 2.05) is 49.9 Å². The molecule has 0 saturated carbocycles. The Balaban J connectivity index is 2.20. The van der Waals surface area contributed by atoms with Crippen LogP contribution in [-0.4, -0.2) is 64.3 Å². The summed E-state index contributed by atoms with van der Waals surface area (Å²) < 4.78 is 16.0. The van der Waals surface area contributed by atoms with Crippen molar-refractivity contribution in [3.63, 3.8) is 0 Å². The fourth-order valence-corrected chi connectivity index (χ4v) is 3.90. The molecule has 1 aliphatic heterocycles. The zero-order chi connectivity index (χ0) is 24.1. The molecule has 0 aliphatic carbocycles. The van der Waals surface area contributed by atoms with Crippen LogP contribution in [0.4, 0.5) is 5.69 Å². The molecule has 33 heavy (non-hydrogen) atoms. The van der Waals surface area contributed by atoms with Crippen LogP contribution in [0.5, 0.6) is 5.75 Å². The second-order valence-corrected chi connectivity index (χ2v) is 8.12. The number of benzene rings is 2. The van der Waals surface area contributed by atoms with Crippen molar-refractivity contribution in [2.45, 2.75) is 20.8 Å². The smallest absolute Gasteiger partial charge is 0.282 e. The van der Waals surface area contributed by atoms with E-state index in [4.69, 9.17) is 14.2 Å². The quantitative estimate of drug-likeness (QED) is 0.514. The number of anilines is 1. The number of hydrogen-bond donors (Lipinski definition) is 0.